The second-order valence-electron chi connectivity index (χ2n) is 32.7. The summed E-state index contributed by atoms with van der Waals surface area (Å²) in [7, 11) is 7.82. The molecule has 5 atom stereocenters. The van der Waals surface area contributed by atoms with Crippen molar-refractivity contribution in [2.75, 3.05) is 0 Å². The van der Waals surface area contributed by atoms with Gasteiger partial charge >= 0.3 is 0 Å². The maximum absolute atomic E-state index is 9.32. The minimum Gasteiger partial charge on any atom is -0.437 e. The summed E-state index contributed by atoms with van der Waals surface area (Å²) in [6.45, 7) is 11.7. The van der Waals surface area contributed by atoms with Crippen LogP contribution in [0.25, 0.3) is 133 Å². The SMILES string of the molecule is [2H]C([2H])([2H])C(C)c1ccc2c(n1)oc1c(-c3cc(C)cc[n+]3C)c(C)ccc12.[2H]C([2H])([2H])c1c[n+](C)c(-c2c(C)ccc3c2oc2nc(C)ccc23)cc1-c1cc(C)c(C)c(C([2H])([2H])[2H])c1.[2H]C1(c2cc[n+](C)c(-c3c(C)ccc4c3oc3nc(C)ccc34)c2)CC2CCC1C2.[2H]C1(c2ccc(-c3cc(-c4ccccc4C)[n+](C)cc3C([2H])(C)C([2H])([2H])[2H])cc2)CCCCC1. The minimum absolute atomic E-state index is 0.148. The predicted octanol–water partition coefficient (Wildman–Crippen LogP) is 25.5. The molecule has 5 unspecified atom stereocenters. The van der Waals surface area contributed by atoms with Crippen molar-refractivity contribution in [3.05, 3.63) is 278 Å². The van der Waals surface area contributed by atoms with Gasteiger partial charge in [0.25, 0.3) is 0 Å². The van der Waals surface area contributed by atoms with Crippen molar-refractivity contribution in [1.29, 1.82) is 0 Å². The van der Waals surface area contributed by atoms with E-state index in [-0.39, 0.29) is 11.1 Å². The standard InChI is InChI=1S/C29H29N2O.C28H34N.C26H27N2O.C22H23N2O/c1-16-8-10-23-24-11-9-20(5)30-29(24)32-28(23)27(16)26-14-25(19(4)15-31(26)7)22-12-17(2)21(6)18(3)13-22;1-20(2)27-19-29(4)28(25-13-9-8-10-21(25)3)18-26(27)24-16-14-23(15-17-24)22-11-6-5-7-12-22;1-15-4-8-20-21-9-5-16(2)27-26(21)29-25(20)24(15)23-14-19(10-11-28(23)3)22-13-17-6-7-18(22)12-17;1-13(2)18-9-8-17-16-7-6-15(4)20(21(16)25-22(17)23-18)19-12-14(3)10-11-24(19)5/h8-15H,1-7H3;8-10,13-20,22H,5-7,11-12H2,1-4H3;4-5,8-11,14,17-18,22H,6-7,12-13H2,1-3H3;6-13H,1-5H3/q4*+1/i2D3,4D3;1D3,20D,22D;22D;1D3. The number of fused-ring (bicyclic) bond motifs is 11. The van der Waals surface area contributed by atoms with E-state index in [0.717, 1.165) is 182 Å². The Hall–Kier alpha value is -11.2. The Morgan fingerprint density at radius 1 is 0.426 bits per heavy atom. The van der Waals surface area contributed by atoms with Crippen LogP contribution < -0.4 is 18.3 Å². The first kappa shape index (κ1) is 61.2. The van der Waals surface area contributed by atoms with Crippen molar-refractivity contribution in [3.63, 3.8) is 0 Å². The second-order valence-corrected chi connectivity index (χ2v) is 32.7. The molecule has 16 aromatic rings. The Labute approximate surface area is 700 Å². The third kappa shape index (κ3) is 15.1. The van der Waals surface area contributed by atoms with Crippen molar-refractivity contribution in [1.82, 2.24) is 15.0 Å². The summed E-state index contributed by atoms with van der Waals surface area (Å²) < 4.78 is 150. The molecule has 10 heterocycles. The first-order valence-corrected chi connectivity index (χ1v) is 40.5. The number of nitrogens with zero attached hydrogens (tertiary/aromatic N) is 7. The maximum atomic E-state index is 9.32. The van der Waals surface area contributed by atoms with Crippen LogP contribution in [0.4, 0.5) is 0 Å². The average molecular weight is 1540 g/mol. The summed E-state index contributed by atoms with van der Waals surface area (Å²) >= 11 is 0. The Morgan fingerprint density at radius 3 is 1.55 bits per heavy atom. The van der Waals surface area contributed by atoms with Gasteiger partial charge in [-0.3, -0.25) is 0 Å². The van der Waals surface area contributed by atoms with Crippen LogP contribution >= 0.6 is 0 Å². The summed E-state index contributed by atoms with van der Waals surface area (Å²) in [5, 5.41) is 5.87. The van der Waals surface area contributed by atoms with E-state index in [2.05, 4.69) is 126 Å². The third-order valence-electron chi connectivity index (χ3n) is 24.4. The molecule has 582 valence electrons. The fourth-order valence-corrected chi connectivity index (χ4v) is 17.8. The van der Waals surface area contributed by atoms with Gasteiger partial charge in [-0.25, -0.2) is 33.2 Å². The van der Waals surface area contributed by atoms with E-state index in [0.29, 0.717) is 56.6 Å². The van der Waals surface area contributed by atoms with Crippen molar-refractivity contribution in [2.24, 2.45) is 40.0 Å². The van der Waals surface area contributed by atoms with Gasteiger partial charge in [-0.05, 0) is 264 Å². The summed E-state index contributed by atoms with van der Waals surface area (Å²) in [5.74, 6) is -2.18. The zero-order valence-electron chi connectivity index (χ0n) is 83.9. The molecule has 115 heavy (non-hydrogen) atoms. The Kier molecular flexibility index (Phi) is 17.0. The van der Waals surface area contributed by atoms with Crippen LogP contribution in [-0.2, 0) is 28.2 Å². The lowest BCUT2D eigenvalue weighted by atomic mass is 9.83. The molecule has 0 saturated heterocycles. The maximum Gasteiger partial charge on any atom is 0.227 e. The number of hydrogen-bond acceptors (Lipinski definition) is 6. The fraction of sp³-hybridized carbons (Fsp3) is 0.324. The molecule has 3 saturated carbocycles. The molecule has 0 N–H and O–H groups in total. The molecule has 3 aliphatic rings. The molecule has 2 bridgehead atoms. The highest BCUT2D eigenvalue weighted by molar-refractivity contribution is 6.11. The van der Waals surface area contributed by atoms with Crippen LogP contribution in [0.15, 0.2) is 208 Å². The average Bonchev–Trinajstić information content (AvgIpc) is 1.61. The lowest BCUT2D eigenvalue weighted by Gasteiger charge is -2.22. The van der Waals surface area contributed by atoms with Gasteiger partial charge in [0.1, 0.15) is 28.2 Å². The molecule has 10 heteroatoms. The van der Waals surface area contributed by atoms with Crippen LogP contribution in [0.2, 0.25) is 0 Å². The molecule has 6 aromatic carbocycles. The summed E-state index contributed by atoms with van der Waals surface area (Å²) in [6, 6.07) is 56.4. The summed E-state index contributed by atoms with van der Waals surface area (Å²) in [5.41, 5.74) is 27.0. The van der Waals surface area contributed by atoms with E-state index < -0.39 is 51.0 Å². The van der Waals surface area contributed by atoms with Gasteiger partial charge in [-0.2, -0.15) is 0 Å². The van der Waals surface area contributed by atoms with Crippen LogP contribution in [-0.4, -0.2) is 15.0 Å². The van der Waals surface area contributed by atoms with Crippen LogP contribution in [0.3, 0.4) is 0 Å². The zero-order valence-corrected chi connectivity index (χ0v) is 68.9. The molecular formula is C105H113N7O3+4. The number of aromatic nitrogens is 7. The summed E-state index contributed by atoms with van der Waals surface area (Å²) in [4.78, 5) is 13.7. The predicted molar refractivity (Wildman–Crippen MR) is 473 cm³/mol. The van der Waals surface area contributed by atoms with Gasteiger partial charge in [-0.15, -0.1) is 0 Å². The molecule has 0 amide bonds. The van der Waals surface area contributed by atoms with Crippen LogP contribution in [0, 0.1) is 87.9 Å². The zero-order chi connectivity index (χ0) is 93.3. The highest BCUT2D eigenvalue weighted by atomic mass is 16.3. The summed E-state index contributed by atoms with van der Waals surface area (Å²) in [6.07, 6.45) is 17.4. The quantitative estimate of drug-likeness (QED) is 0.127. The number of benzene rings is 6. The first-order chi connectivity index (χ1) is 61.2. The van der Waals surface area contributed by atoms with Crippen LogP contribution in [0.5, 0.6) is 0 Å². The van der Waals surface area contributed by atoms with E-state index in [1.54, 1.807) is 42.9 Å². The molecule has 3 aliphatic carbocycles. The fourth-order valence-electron chi connectivity index (χ4n) is 17.8. The van der Waals surface area contributed by atoms with Crippen molar-refractivity contribution < 1.29 is 52.1 Å². The highest BCUT2D eigenvalue weighted by Gasteiger charge is 2.41. The van der Waals surface area contributed by atoms with Gasteiger partial charge in [-0.1, -0.05) is 144 Å². The Bertz CT molecular complexity index is 7130. The molecule has 10 aromatic heterocycles. The van der Waals surface area contributed by atoms with Gasteiger partial charge in [0, 0.05) is 123 Å². The molecule has 0 aliphatic heterocycles. The molecule has 0 radical (unpaired) electrons. The minimum atomic E-state index is -2.48. The number of furan rings is 3. The number of rotatable bonds is 10. The molecule has 19 rings (SSSR count). The van der Waals surface area contributed by atoms with E-state index in [1.807, 2.05) is 157 Å². The third-order valence-corrected chi connectivity index (χ3v) is 24.4. The Balaban J connectivity index is 0.000000128. The second kappa shape index (κ2) is 31.9. The van der Waals surface area contributed by atoms with E-state index in [1.165, 1.54) is 43.7 Å². The van der Waals surface area contributed by atoms with E-state index in [4.69, 9.17) is 32.4 Å². The smallest absolute Gasteiger partial charge is 0.227 e. The van der Waals surface area contributed by atoms with E-state index in [9.17, 15) is 1.37 Å². The van der Waals surface area contributed by atoms with Crippen molar-refractivity contribution in [2.45, 2.75) is 185 Å². The topological polar surface area (TPSA) is 93.6 Å². The van der Waals surface area contributed by atoms with Crippen molar-refractivity contribution >= 4 is 66.2 Å². The number of aryl methyl sites for hydroxylation is 14. The first-order valence-electron chi connectivity index (χ1n) is 48.0. The molecule has 10 nitrogen and oxygen atoms in total. The largest absolute Gasteiger partial charge is 0.437 e. The normalized spacial score (nSPS) is 19.5. The molecular weight excluding hydrogens is 1410 g/mol. The number of pyridine rings is 7. The van der Waals surface area contributed by atoms with Gasteiger partial charge < -0.3 is 13.3 Å². The van der Waals surface area contributed by atoms with E-state index >= 15 is 0 Å². The van der Waals surface area contributed by atoms with Gasteiger partial charge in [0.05, 0.1) is 16.7 Å². The lowest BCUT2D eigenvalue weighted by Crippen LogP contribution is -2.32. The van der Waals surface area contributed by atoms with Crippen LogP contribution in [0.1, 0.15) is 213 Å². The highest BCUT2D eigenvalue weighted by Crippen LogP contribution is 2.53. The van der Waals surface area contributed by atoms with Gasteiger partial charge in [0.2, 0.25) is 39.9 Å². The molecule has 0 spiro atoms. The van der Waals surface area contributed by atoms with Gasteiger partial charge in [0.15, 0.2) is 41.5 Å². The van der Waals surface area contributed by atoms with Crippen molar-refractivity contribution in [3.8, 4) is 67.3 Å². The Morgan fingerprint density at radius 2 is 0.974 bits per heavy atom. The lowest BCUT2D eigenvalue weighted by molar-refractivity contribution is -0.660. The monoisotopic (exact) mass is 1530 g/mol. The molecule has 3 fully saturated rings. The number of hydrogen-bond donors (Lipinski definition) is 0.